The Kier molecular flexibility index (Phi) is 3.59. The SMILES string of the molecule is CCOC(=O)C1CCCCN1CC1CO1. The largest absolute Gasteiger partial charge is 0.465 e. The minimum atomic E-state index is -0.0575. The summed E-state index contributed by atoms with van der Waals surface area (Å²) in [6.07, 6.45) is 3.61. The van der Waals surface area contributed by atoms with Crippen LogP contribution in [0, 0.1) is 0 Å². The zero-order valence-corrected chi connectivity index (χ0v) is 9.28. The van der Waals surface area contributed by atoms with Crippen LogP contribution in [-0.4, -0.2) is 49.3 Å². The fourth-order valence-electron chi connectivity index (χ4n) is 2.15. The van der Waals surface area contributed by atoms with E-state index in [9.17, 15) is 4.79 Å². The monoisotopic (exact) mass is 213 g/mol. The van der Waals surface area contributed by atoms with Gasteiger partial charge in [-0.3, -0.25) is 9.69 Å². The maximum Gasteiger partial charge on any atom is 0.323 e. The van der Waals surface area contributed by atoms with Gasteiger partial charge in [-0.1, -0.05) is 6.42 Å². The molecular weight excluding hydrogens is 194 g/mol. The zero-order valence-electron chi connectivity index (χ0n) is 9.28. The van der Waals surface area contributed by atoms with Crippen molar-refractivity contribution in [2.24, 2.45) is 0 Å². The van der Waals surface area contributed by atoms with Crippen LogP contribution >= 0.6 is 0 Å². The third-order valence-electron chi connectivity index (χ3n) is 3.01. The van der Waals surface area contributed by atoms with E-state index in [0.29, 0.717) is 12.7 Å². The van der Waals surface area contributed by atoms with Crippen molar-refractivity contribution in [2.45, 2.75) is 38.3 Å². The highest BCUT2D eigenvalue weighted by Crippen LogP contribution is 2.21. The second kappa shape index (κ2) is 4.94. The number of nitrogens with zero attached hydrogens (tertiary/aromatic N) is 1. The molecular formula is C11H19NO3. The summed E-state index contributed by atoms with van der Waals surface area (Å²) < 4.78 is 10.3. The topological polar surface area (TPSA) is 42.1 Å². The summed E-state index contributed by atoms with van der Waals surface area (Å²) in [5.41, 5.74) is 0. The maximum absolute atomic E-state index is 11.7. The van der Waals surface area contributed by atoms with Gasteiger partial charge in [0, 0.05) is 6.54 Å². The Bertz CT molecular complexity index is 228. The van der Waals surface area contributed by atoms with E-state index in [0.717, 1.165) is 32.5 Å². The standard InChI is InChI=1S/C11H19NO3/c1-2-14-11(13)10-5-3-4-6-12(10)7-9-8-15-9/h9-10H,2-8H2,1H3. The van der Waals surface area contributed by atoms with E-state index in [1.807, 2.05) is 6.92 Å². The summed E-state index contributed by atoms with van der Waals surface area (Å²) in [5.74, 6) is -0.0575. The number of ether oxygens (including phenoxy) is 2. The Hall–Kier alpha value is -0.610. The highest BCUT2D eigenvalue weighted by molar-refractivity contribution is 5.75. The van der Waals surface area contributed by atoms with Gasteiger partial charge >= 0.3 is 5.97 Å². The van der Waals surface area contributed by atoms with E-state index < -0.39 is 0 Å². The average Bonchev–Trinajstić information content (AvgIpc) is 3.03. The third-order valence-corrected chi connectivity index (χ3v) is 3.01. The molecule has 2 rings (SSSR count). The number of piperidine rings is 1. The van der Waals surface area contributed by atoms with Crippen molar-refractivity contribution >= 4 is 5.97 Å². The number of hydrogen-bond acceptors (Lipinski definition) is 4. The molecule has 0 radical (unpaired) electrons. The second-order valence-corrected chi connectivity index (χ2v) is 4.21. The van der Waals surface area contributed by atoms with Crippen molar-refractivity contribution in [3.05, 3.63) is 0 Å². The first kappa shape index (κ1) is 10.9. The fourth-order valence-corrected chi connectivity index (χ4v) is 2.15. The number of rotatable bonds is 4. The van der Waals surface area contributed by atoms with E-state index in [1.54, 1.807) is 0 Å². The van der Waals surface area contributed by atoms with E-state index >= 15 is 0 Å². The lowest BCUT2D eigenvalue weighted by atomic mass is 10.0. The number of epoxide rings is 1. The molecule has 0 bridgehead atoms. The van der Waals surface area contributed by atoms with Crippen molar-refractivity contribution in [2.75, 3.05) is 26.3 Å². The lowest BCUT2D eigenvalue weighted by Gasteiger charge is -2.33. The first-order valence-corrected chi connectivity index (χ1v) is 5.83. The first-order valence-electron chi connectivity index (χ1n) is 5.83. The van der Waals surface area contributed by atoms with Crippen molar-refractivity contribution in [1.82, 2.24) is 4.90 Å². The van der Waals surface area contributed by atoms with Gasteiger partial charge in [-0.05, 0) is 26.3 Å². The molecule has 2 heterocycles. The van der Waals surface area contributed by atoms with Crippen LogP contribution in [-0.2, 0) is 14.3 Å². The van der Waals surface area contributed by atoms with Crippen LogP contribution in [0.15, 0.2) is 0 Å². The Labute approximate surface area is 90.5 Å². The summed E-state index contributed by atoms with van der Waals surface area (Å²) in [5, 5.41) is 0. The quantitative estimate of drug-likeness (QED) is 0.512. The van der Waals surface area contributed by atoms with Crippen molar-refractivity contribution < 1.29 is 14.3 Å². The van der Waals surface area contributed by atoms with Gasteiger partial charge < -0.3 is 9.47 Å². The van der Waals surface area contributed by atoms with Crippen molar-refractivity contribution in [3.8, 4) is 0 Å². The van der Waals surface area contributed by atoms with Crippen LogP contribution in [0.5, 0.6) is 0 Å². The van der Waals surface area contributed by atoms with Crippen LogP contribution in [0.4, 0.5) is 0 Å². The molecule has 0 aliphatic carbocycles. The predicted octanol–water partition coefficient (Wildman–Crippen LogP) is 0.803. The molecule has 0 aromatic heterocycles. The van der Waals surface area contributed by atoms with Gasteiger partial charge in [0.15, 0.2) is 0 Å². The number of esters is 1. The molecule has 2 aliphatic heterocycles. The second-order valence-electron chi connectivity index (χ2n) is 4.21. The number of carbonyl (C=O) groups is 1. The number of carbonyl (C=O) groups excluding carboxylic acids is 1. The molecule has 2 unspecified atom stereocenters. The molecule has 2 aliphatic rings. The summed E-state index contributed by atoms with van der Waals surface area (Å²) >= 11 is 0. The van der Waals surface area contributed by atoms with Gasteiger partial charge in [-0.25, -0.2) is 0 Å². The lowest BCUT2D eigenvalue weighted by molar-refractivity contribution is -0.151. The Morgan fingerprint density at radius 1 is 1.53 bits per heavy atom. The van der Waals surface area contributed by atoms with E-state index in [4.69, 9.17) is 9.47 Å². The Morgan fingerprint density at radius 2 is 2.33 bits per heavy atom. The summed E-state index contributed by atoms with van der Waals surface area (Å²) in [7, 11) is 0. The highest BCUT2D eigenvalue weighted by atomic mass is 16.6. The van der Waals surface area contributed by atoms with Gasteiger partial charge in [0.2, 0.25) is 0 Å². The lowest BCUT2D eigenvalue weighted by Crippen LogP contribution is -2.47. The molecule has 0 N–H and O–H groups in total. The molecule has 0 aromatic rings. The van der Waals surface area contributed by atoms with Crippen LogP contribution in [0.25, 0.3) is 0 Å². The maximum atomic E-state index is 11.7. The number of hydrogen-bond donors (Lipinski definition) is 0. The van der Waals surface area contributed by atoms with Crippen molar-refractivity contribution in [3.63, 3.8) is 0 Å². The molecule has 0 amide bonds. The molecule has 4 nitrogen and oxygen atoms in total. The zero-order chi connectivity index (χ0) is 10.7. The Balaban J connectivity index is 1.88. The fraction of sp³-hybridized carbons (Fsp3) is 0.909. The predicted molar refractivity (Wildman–Crippen MR) is 55.6 cm³/mol. The molecule has 0 aromatic carbocycles. The van der Waals surface area contributed by atoms with Crippen LogP contribution < -0.4 is 0 Å². The van der Waals surface area contributed by atoms with E-state index in [1.165, 1.54) is 6.42 Å². The smallest absolute Gasteiger partial charge is 0.323 e. The van der Waals surface area contributed by atoms with Gasteiger partial charge in [-0.15, -0.1) is 0 Å². The molecule has 0 spiro atoms. The third kappa shape index (κ3) is 2.92. The number of likely N-dealkylation sites (tertiary alicyclic amines) is 1. The molecule has 2 saturated heterocycles. The van der Waals surface area contributed by atoms with Crippen molar-refractivity contribution in [1.29, 1.82) is 0 Å². The molecule has 0 saturated carbocycles. The van der Waals surface area contributed by atoms with Gasteiger partial charge in [-0.2, -0.15) is 0 Å². The average molecular weight is 213 g/mol. The van der Waals surface area contributed by atoms with Gasteiger partial charge in [0.05, 0.1) is 19.3 Å². The molecule has 2 atom stereocenters. The highest BCUT2D eigenvalue weighted by Gasteiger charge is 2.34. The van der Waals surface area contributed by atoms with Crippen LogP contribution in [0.1, 0.15) is 26.2 Å². The summed E-state index contributed by atoms with van der Waals surface area (Å²) in [6.45, 7) is 5.08. The van der Waals surface area contributed by atoms with Gasteiger partial charge in [0.1, 0.15) is 6.04 Å². The molecule has 4 heteroatoms. The van der Waals surface area contributed by atoms with Gasteiger partial charge in [0.25, 0.3) is 0 Å². The van der Waals surface area contributed by atoms with E-state index in [-0.39, 0.29) is 12.0 Å². The minimum Gasteiger partial charge on any atom is -0.465 e. The first-order chi connectivity index (χ1) is 7.31. The summed E-state index contributed by atoms with van der Waals surface area (Å²) in [4.78, 5) is 13.9. The molecule has 2 fully saturated rings. The van der Waals surface area contributed by atoms with Crippen LogP contribution in [0.2, 0.25) is 0 Å². The summed E-state index contributed by atoms with van der Waals surface area (Å²) in [6, 6.07) is -0.0251. The van der Waals surface area contributed by atoms with Crippen LogP contribution in [0.3, 0.4) is 0 Å². The minimum absolute atomic E-state index is 0.0251. The molecule has 15 heavy (non-hydrogen) atoms. The molecule has 86 valence electrons. The Morgan fingerprint density at radius 3 is 3.00 bits per heavy atom. The normalized spacial score (nSPS) is 31.3. The van der Waals surface area contributed by atoms with E-state index in [2.05, 4.69) is 4.90 Å².